The number of carbonyl (C=O) groups is 1. The second kappa shape index (κ2) is 7.13. The zero-order valence-corrected chi connectivity index (χ0v) is 11.7. The van der Waals surface area contributed by atoms with E-state index in [0.29, 0.717) is 12.2 Å². The van der Waals surface area contributed by atoms with E-state index in [2.05, 4.69) is 10.4 Å². The summed E-state index contributed by atoms with van der Waals surface area (Å²) < 4.78 is 6.61. The molecule has 7 heteroatoms. The number of nitrogen functional groups attached to an aromatic ring is 1. The Labute approximate surface area is 119 Å². The van der Waals surface area contributed by atoms with Crippen molar-refractivity contribution in [3.8, 4) is 5.75 Å². The van der Waals surface area contributed by atoms with Gasteiger partial charge < -0.3 is 4.74 Å². The number of benzene rings is 1. The molecule has 0 atom stereocenters. The van der Waals surface area contributed by atoms with E-state index in [1.54, 1.807) is 53.6 Å². The fraction of sp³-hybridized carbons (Fsp3) is 0.167. The fourth-order valence-corrected chi connectivity index (χ4v) is 2.88. The number of thioether (sulfide) groups is 1. The van der Waals surface area contributed by atoms with Crippen LogP contribution in [0.3, 0.4) is 0 Å². The van der Waals surface area contributed by atoms with Gasteiger partial charge in [-0.15, -0.1) is 11.3 Å². The van der Waals surface area contributed by atoms with Gasteiger partial charge in [-0.1, -0.05) is 11.8 Å². The molecule has 2 aromatic rings. The van der Waals surface area contributed by atoms with Gasteiger partial charge in [-0.25, -0.2) is 10.8 Å². The Morgan fingerprint density at radius 2 is 2.21 bits per heavy atom. The van der Waals surface area contributed by atoms with Gasteiger partial charge in [0, 0.05) is 22.9 Å². The number of rotatable bonds is 6. The average Bonchev–Trinajstić information content (AvgIpc) is 2.96. The van der Waals surface area contributed by atoms with Crippen LogP contribution in [0.5, 0.6) is 5.75 Å². The van der Waals surface area contributed by atoms with Crippen LogP contribution in [0.4, 0.5) is 0 Å². The fourth-order valence-electron chi connectivity index (χ4n) is 1.36. The molecule has 0 saturated carbocycles. The number of hydrogen-bond acceptors (Lipinski definition) is 6. The summed E-state index contributed by atoms with van der Waals surface area (Å²) in [6.45, 7) is 0.590. The molecule has 0 aliphatic rings. The second-order valence-electron chi connectivity index (χ2n) is 3.49. The molecule has 0 fully saturated rings. The van der Waals surface area contributed by atoms with Crippen LogP contribution in [0.25, 0.3) is 0 Å². The topological polar surface area (TPSA) is 77.2 Å². The van der Waals surface area contributed by atoms with Crippen LogP contribution in [0.15, 0.2) is 40.2 Å². The van der Waals surface area contributed by atoms with E-state index in [-0.39, 0.29) is 5.91 Å². The number of nitrogens with two attached hydrogens (primary N) is 1. The molecule has 0 bridgehead atoms. The van der Waals surface area contributed by atoms with E-state index < -0.39 is 0 Å². The first-order valence-corrected chi connectivity index (χ1v) is 7.42. The number of ether oxygens (including phenoxy) is 1. The van der Waals surface area contributed by atoms with Crippen molar-refractivity contribution in [1.29, 1.82) is 0 Å². The van der Waals surface area contributed by atoms with Gasteiger partial charge in [0.1, 0.15) is 10.1 Å². The minimum atomic E-state index is -0.314. The molecule has 0 aliphatic carbocycles. The van der Waals surface area contributed by atoms with Gasteiger partial charge in [0.2, 0.25) is 0 Å². The molecule has 0 unspecified atom stereocenters. The summed E-state index contributed by atoms with van der Waals surface area (Å²) in [5.41, 5.74) is 2.59. The van der Waals surface area contributed by atoms with Crippen molar-refractivity contribution in [3.05, 3.63) is 41.4 Å². The highest BCUT2D eigenvalue weighted by Crippen LogP contribution is 2.20. The molecule has 5 nitrogen and oxygen atoms in total. The van der Waals surface area contributed by atoms with Crippen LogP contribution >= 0.6 is 23.1 Å². The van der Waals surface area contributed by atoms with Gasteiger partial charge >= 0.3 is 0 Å². The van der Waals surface area contributed by atoms with E-state index in [4.69, 9.17) is 10.6 Å². The summed E-state index contributed by atoms with van der Waals surface area (Å²) in [7, 11) is 0. The van der Waals surface area contributed by atoms with Gasteiger partial charge in [-0.3, -0.25) is 10.2 Å². The number of hydrogen-bond donors (Lipinski definition) is 2. The van der Waals surface area contributed by atoms with Crippen molar-refractivity contribution in [2.45, 2.75) is 4.34 Å². The number of nitrogens with one attached hydrogen (secondary N) is 1. The van der Waals surface area contributed by atoms with Crippen molar-refractivity contribution >= 4 is 29.0 Å². The predicted molar refractivity (Wildman–Crippen MR) is 76.4 cm³/mol. The van der Waals surface area contributed by atoms with E-state index in [9.17, 15) is 4.79 Å². The minimum absolute atomic E-state index is 0.314. The Hall–Kier alpha value is -1.57. The molecule has 1 heterocycles. The van der Waals surface area contributed by atoms with Gasteiger partial charge in [0.05, 0.1) is 6.61 Å². The van der Waals surface area contributed by atoms with Crippen LogP contribution in [0.2, 0.25) is 0 Å². The Bertz CT molecular complexity index is 514. The SMILES string of the molecule is NNC(=O)c1ccc(OCCSc2nccs2)cc1. The molecule has 100 valence electrons. The molecule has 1 aromatic carbocycles. The predicted octanol–water partition coefficient (Wildman–Crippen LogP) is 1.92. The lowest BCUT2D eigenvalue weighted by Crippen LogP contribution is -2.29. The summed E-state index contributed by atoms with van der Waals surface area (Å²) in [5, 5.41) is 1.95. The van der Waals surface area contributed by atoms with Gasteiger partial charge in [0.15, 0.2) is 0 Å². The van der Waals surface area contributed by atoms with Gasteiger partial charge in [0.25, 0.3) is 5.91 Å². The molecular weight excluding hydrogens is 282 g/mol. The van der Waals surface area contributed by atoms with E-state index in [0.717, 1.165) is 15.8 Å². The lowest BCUT2D eigenvalue weighted by Gasteiger charge is -2.06. The Morgan fingerprint density at radius 1 is 1.42 bits per heavy atom. The largest absolute Gasteiger partial charge is 0.493 e. The lowest BCUT2D eigenvalue weighted by atomic mass is 10.2. The molecule has 0 radical (unpaired) electrons. The first kappa shape index (κ1) is 13.9. The van der Waals surface area contributed by atoms with E-state index in [1.165, 1.54) is 0 Å². The third kappa shape index (κ3) is 4.23. The number of hydrazine groups is 1. The number of nitrogens with zero attached hydrogens (tertiary/aromatic N) is 1. The quantitative estimate of drug-likeness (QED) is 0.280. The Balaban J connectivity index is 1.75. The Kier molecular flexibility index (Phi) is 5.20. The molecule has 19 heavy (non-hydrogen) atoms. The van der Waals surface area contributed by atoms with Crippen molar-refractivity contribution in [3.63, 3.8) is 0 Å². The maximum absolute atomic E-state index is 11.2. The lowest BCUT2D eigenvalue weighted by molar-refractivity contribution is 0.0953. The summed E-state index contributed by atoms with van der Waals surface area (Å²) in [4.78, 5) is 15.4. The normalized spacial score (nSPS) is 10.2. The highest BCUT2D eigenvalue weighted by molar-refractivity contribution is 8.01. The van der Waals surface area contributed by atoms with E-state index in [1.807, 2.05) is 5.38 Å². The molecule has 0 aliphatic heterocycles. The molecule has 1 amide bonds. The number of thiazole rings is 1. The third-order valence-electron chi connectivity index (χ3n) is 2.23. The van der Waals surface area contributed by atoms with Gasteiger partial charge in [-0.2, -0.15) is 0 Å². The van der Waals surface area contributed by atoms with Crippen LogP contribution < -0.4 is 16.0 Å². The first-order valence-electron chi connectivity index (χ1n) is 5.55. The maximum Gasteiger partial charge on any atom is 0.265 e. The van der Waals surface area contributed by atoms with Crippen molar-refractivity contribution in [2.75, 3.05) is 12.4 Å². The molecule has 2 rings (SSSR count). The highest BCUT2D eigenvalue weighted by atomic mass is 32.2. The van der Waals surface area contributed by atoms with Crippen LogP contribution in [0.1, 0.15) is 10.4 Å². The zero-order chi connectivity index (χ0) is 13.5. The number of aromatic nitrogens is 1. The van der Waals surface area contributed by atoms with Crippen LogP contribution in [-0.4, -0.2) is 23.3 Å². The van der Waals surface area contributed by atoms with Crippen molar-refractivity contribution in [1.82, 2.24) is 10.4 Å². The summed E-state index contributed by atoms with van der Waals surface area (Å²) >= 11 is 3.28. The average molecular weight is 295 g/mol. The first-order chi connectivity index (χ1) is 9.29. The third-order valence-corrected chi connectivity index (χ3v) is 4.17. The smallest absolute Gasteiger partial charge is 0.265 e. The molecule has 0 spiro atoms. The highest BCUT2D eigenvalue weighted by Gasteiger charge is 2.03. The summed E-state index contributed by atoms with van der Waals surface area (Å²) in [6.07, 6.45) is 1.79. The Morgan fingerprint density at radius 3 is 2.84 bits per heavy atom. The van der Waals surface area contributed by atoms with Crippen molar-refractivity contribution < 1.29 is 9.53 Å². The molecular formula is C12H13N3O2S2. The number of carbonyl (C=O) groups excluding carboxylic acids is 1. The van der Waals surface area contributed by atoms with Crippen molar-refractivity contribution in [2.24, 2.45) is 5.84 Å². The molecule has 1 aromatic heterocycles. The minimum Gasteiger partial charge on any atom is -0.493 e. The molecule has 3 N–H and O–H groups in total. The van der Waals surface area contributed by atoms with Crippen LogP contribution in [0, 0.1) is 0 Å². The number of amides is 1. The summed E-state index contributed by atoms with van der Waals surface area (Å²) in [5.74, 6) is 6.30. The standard InChI is InChI=1S/C12H13N3O2S2/c13-15-11(16)9-1-3-10(4-2-9)17-6-8-19-12-14-5-7-18-12/h1-5,7H,6,8,13H2,(H,15,16). The molecule has 0 saturated heterocycles. The van der Waals surface area contributed by atoms with Gasteiger partial charge in [-0.05, 0) is 24.3 Å². The monoisotopic (exact) mass is 295 g/mol. The second-order valence-corrected chi connectivity index (χ2v) is 5.73. The summed E-state index contributed by atoms with van der Waals surface area (Å²) in [6, 6.07) is 6.84. The zero-order valence-electron chi connectivity index (χ0n) is 10.0. The van der Waals surface area contributed by atoms with E-state index >= 15 is 0 Å². The van der Waals surface area contributed by atoms with Crippen LogP contribution in [-0.2, 0) is 0 Å². The maximum atomic E-state index is 11.2.